The maximum absolute atomic E-state index is 14.4. The summed E-state index contributed by atoms with van der Waals surface area (Å²) in [5.41, 5.74) is -0.222. The molecule has 0 aromatic heterocycles. The molecule has 2 heterocycles. The first-order valence-corrected chi connectivity index (χ1v) is 8.86. The number of ether oxygens (including phenoxy) is 2. The van der Waals surface area contributed by atoms with Crippen LogP contribution in [0.25, 0.3) is 0 Å². The number of rotatable bonds is 5. The summed E-state index contributed by atoms with van der Waals surface area (Å²) >= 11 is 0. The van der Waals surface area contributed by atoms with Crippen molar-refractivity contribution in [2.24, 2.45) is 0 Å². The van der Waals surface area contributed by atoms with E-state index in [1.165, 1.54) is 6.07 Å². The van der Waals surface area contributed by atoms with Crippen LogP contribution in [-0.4, -0.2) is 62.7 Å². The van der Waals surface area contributed by atoms with E-state index in [2.05, 4.69) is 4.90 Å². The van der Waals surface area contributed by atoms with Gasteiger partial charge in [-0.05, 0) is 45.3 Å². The van der Waals surface area contributed by atoms with Crippen LogP contribution in [0, 0.1) is 5.82 Å². The van der Waals surface area contributed by atoms with Gasteiger partial charge in [0.2, 0.25) is 0 Å². The normalized spacial score (nSPS) is 23.0. The van der Waals surface area contributed by atoms with Crippen molar-refractivity contribution < 1.29 is 23.2 Å². The molecule has 5 nitrogen and oxygen atoms in total. The third-order valence-corrected chi connectivity index (χ3v) is 5.25. The van der Waals surface area contributed by atoms with Crippen LogP contribution < -0.4 is 10.2 Å². The summed E-state index contributed by atoms with van der Waals surface area (Å²) in [7, 11) is -0.568. The van der Waals surface area contributed by atoms with E-state index in [1.54, 1.807) is 12.1 Å². The van der Waals surface area contributed by atoms with E-state index in [0.717, 1.165) is 32.8 Å². The summed E-state index contributed by atoms with van der Waals surface area (Å²) in [5.74, 6) is -0.136. The van der Waals surface area contributed by atoms with Gasteiger partial charge in [0.15, 0.2) is 11.6 Å². The highest BCUT2D eigenvalue weighted by Gasteiger charge is 2.51. The van der Waals surface area contributed by atoms with Crippen molar-refractivity contribution in [3.8, 4) is 5.75 Å². The summed E-state index contributed by atoms with van der Waals surface area (Å²) < 4.78 is 37.2. The molecule has 7 heteroatoms. The summed E-state index contributed by atoms with van der Waals surface area (Å²) in [4.78, 5) is 2.25. The highest BCUT2D eigenvalue weighted by Crippen LogP contribution is 2.36. The smallest absolute Gasteiger partial charge is 0.489 e. The molecule has 2 saturated heterocycles. The van der Waals surface area contributed by atoms with Gasteiger partial charge >= 0.3 is 7.12 Å². The van der Waals surface area contributed by atoms with E-state index < -0.39 is 24.1 Å². The predicted molar refractivity (Wildman–Crippen MR) is 94.9 cm³/mol. The van der Waals surface area contributed by atoms with Crippen LogP contribution in [0.4, 0.5) is 4.39 Å². The van der Waals surface area contributed by atoms with Gasteiger partial charge < -0.3 is 18.8 Å². The van der Waals surface area contributed by atoms with E-state index >= 15 is 0 Å². The average Bonchev–Trinajstić information content (AvgIpc) is 2.78. The second-order valence-electron chi connectivity index (χ2n) is 7.58. The van der Waals surface area contributed by atoms with Crippen LogP contribution in [0.3, 0.4) is 0 Å². The van der Waals surface area contributed by atoms with Gasteiger partial charge in [-0.3, -0.25) is 4.90 Å². The quantitative estimate of drug-likeness (QED) is 0.757. The summed E-state index contributed by atoms with van der Waals surface area (Å²) in [6.45, 7) is 12.4. The Morgan fingerprint density at radius 3 is 2.36 bits per heavy atom. The zero-order valence-corrected chi connectivity index (χ0v) is 15.5. The highest BCUT2D eigenvalue weighted by molar-refractivity contribution is 6.62. The molecule has 138 valence electrons. The van der Waals surface area contributed by atoms with Gasteiger partial charge in [-0.2, -0.15) is 0 Å². The van der Waals surface area contributed by atoms with Gasteiger partial charge in [0.1, 0.15) is 6.61 Å². The molecule has 3 rings (SSSR count). The first-order chi connectivity index (χ1) is 11.8. The molecule has 0 bridgehead atoms. The first kappa shape index (κ1) is 18.6. The number of nitrogens with zero attached hydrogens (tertiary/aromatic N) is 1. The molecular weight excluding hydrogens is 324 g/mol. The molecule has 0 N–H and O–H groups in total. The summed E-state index contributed by atoms with van der Waals surface area (Å²) in [5, 5.41) is 0. The molecule has 0 amide bonds. The molecule has 0 aliphatic carbocycles. The lowest BCUT2D eigenvalue weighted by Crippen LogP contribution is -2.41. The highest BCUT2D eigenvalue weighted by atomic mass is 19.1. The van der Waals surface area contributed by atoms with Crippen LogP contribution in [0.5, 0.6) is 5.75 Å². The lowest BCUT2D eigenvalue weighted by Gasteiger charge is -2.32. The lowest BCUT2D eigenvalue weighted by atomic mass is 9.79. The van der Waals surface area contributed by atoms with E-state index in [-0.39, 0.29) is 5.75 Å². The lowest BCUT2D eigenvalue weighted by molar-refractivity contribution is 0.00578. The van der Waals surface area contributed by atoms with Gasteiger partial charge in [-0.1, -0.05) is 6.07 Å². The van der Waals surface area contributed by atoms with Crippen LogP contribution >= 0.6 is 0 Å². The van der Waals surface area contributed by atoms with E-state index in [0.29, 0.717) is 12.1 Å². The molecule has 0 saturated carbocycles. The second-order valence-corrected chi connectivity index (χ2v) is 7.58. The SMILES string of the molecule is CC1(C)OB(c2ccc(OCCN3CCOCC3)c(F)c2)OC1(C)C. The largest absolute Gasteiger partial charge is 0.494 e. The molecule has 2 fully saturated rings. The van der Waals surface area contributed by atoms with Crippen molar-refractivity contribution in [1.29, 1.82) is 0 Å². The third-order valence-electron chi connectivity index (χ3n) is 5.25. The molecule has 2 aliphatic heterocycles. The monoisotopic (exact) mass is 351 g/mol. The standard InChI is InChI=1S/C18H27BFNO4/c1-17(2)18(3,4)25-19(24-17)14-5-6-16(15(20)13-14)23-12-9-21-7-10-22-11-8-21/h5-6,13H,7-12H2,1-4H3. The van der Waals surface area contributed by atoms with Crippen molar-refractivity contribution in [3.05, 3.63) is 24.0 Å². The number of hydrogen-bond acceptors (Lipinski definition) is 5. The molecule has 0 unspecified atom stereocenters. The predicted octanol–water partition coefficient (Wildman–Crippen LogP) is 1.84. The maximum atomic E-state index is 14.4. The van der Waals surface area contributed by atoms with Gasteiger partial charge in [-0.25, -0.2) is 4.39 Å². The number of morpholine rings is 1. The zero-order valence-electron chi connectivity index (χ0n) is 15.5. The van der Waals surface area contributed by atoms with Gasteiger partial charge in [-0.15, -0.1) is 0 Å². The minimum atomic E-state index is -0.568. The Kier molecular flexibility index (Phi) is 5.39. The number of hydrogen-bond donors (Lipinski definition) is 0. The Morgan fingerprint density at radius 2 is 1.76 bits per heavy atom. The van der Waals surface area contributed by atoms with Crippen molar-refractivity contribution >= 4 is 12.6 Å². The Labute approximate surface area is 149 Å². The molecule has 1 aromatic rings. The topological polar surface area (TPSA) is 40.2 Å². The summed E-state index contributed by atoms with van der Waals surface area (Å²) in [6, 6.07) is 4.89. The maximum Gasteiger partial charge on any atom is 0.494 e. The average molecular weight is 351 g/mol. The Morgan fingerprint density at radius 1 is 1.12 bits per heavy atom. The molecule has 0 spiro atoms. The van der Waals surface area contributed by atoms with Crippen LogP contribution in [0.1, 0.15) is 27.7 Å². The zero-order chi connectivity index (χ0) is 18.1. The minimum Gasteiger partial charge on any atom is -0.489 e. The van der Waals surface area contributed by atoms with E-state index in [9.17, 15) is 4.39 Å². The third kappa shape index (κ3) is 4.16. The Balaban J connectivity index is 1.58. The van der Waals surface area contributed by atoms with E-state index in [1.807, 2.05) is 27.7 Å². The van der Waals surface area contributed by atoms with Gasteiger partial charge in [0.25, 0.3) is 0 Å². The van der Waals surface area contributed by atoms with E-state index in [4.69, 9.17) is 18.8 Å². The van der Waals surface area contributed by atoms with Crippen LogP contribution in [0.15, 0.2) is 18.2 Å². The number of halogens is 1. The van der Waals surface area contributed by atoms with Gasteiger partial charge in [0.05, 0.1) is 24.4 Å². The molecule has 1 aromatic carbocycles. The fourth-order valence-corrected chi connectivity index (χ4v) is 2.87. The fraction of sp³-hybridized carbons (Fsp3) is 0.667. The number of benzene rings is 1. The van der Waals surface area contributed by atoms with Gasteiger partial charge in [0, 0.05) is 19.6 Å². The van der Waals surface area contributed by atoms with Crippen molar-refractivity contribution in [1.82, 2.24) is 4.90 Å². The molecule has 2 aliphatic rings. The fourth-order valence-electron chi connectivity index (χ4n) is 2.87. The summed E-state index contributed by atoms with van der Waals surface area (Å²) in [6.07, 6.45) is 0. The van der Waals surface area contributed by atoms with Crippen LogP contribution in [0.2, 0.25) is 0 Å². The van der Waals surface area contributed by atoms with Crippen molar-refractivity contribution in [2.45, 2.75) is 38.9 Å². The molecule has 0 radical (unpaired) electrons. The minimum absolute atomic E-state index is 0.258. The van der Waals surface area contributed by atoms with Crippen molar-refractivity contribution in [3.63, 3.8) is 0 Å². The van der Waals surface area contributed by atoms with Crippen LogP contribution in [-0.2, 0) is 14.0 Å². The first-order valence-electron chi connectivity index (χ1n) is 8.86. The van der Waals surface area contributed by atoms with Crippen molar-refractivity contribution in [2.75, 3.05) is 39.5 Å². The molecule has 0 atom stereocenters. The molecule has 25 heavy (non-hydrogen) atoms. The molecular formula is C18H27BFNO4. The Bertz CT molecular complexity index is 589. The second kappa shape index (κ2) is 7.23. The Hall–Kier alpha value is -1.15.